The molecule has 0 aliphatic rings. The molecule has 0 bridgehead atoms. The van der Waals surface area contributed by atoms with E-state index in [2.05, 4.69) is 0 Å². The highest BCUT2D eigenvalue weighted by Gasteiger charge is 2.27. The lowest BCUT2D eigenvalue weighted by Gasteiger charge is -2.21. The third-order valence-electron chi connectivity index (χ3n) is 2.62. The highest BCUT2D eigenvalue weighted by molar-refractivity contribution is 7.89. The third-order valence-corrected chi connectivity index (χ3v) is 4.60. The van der Waals surface area contributed by atoms with E-state index in [1.54, 1.807) is 13.8 Å². The summed E-state index contributed by atoms with van der Waals surface area (Å²) in [6.45, 7) is 3.44. The van der Waals surface area contributed by atoms with Gasteiger partial charge in [0.05, 0.1) is 12.0 Å². The Kier molecular flexibility index (Phi) is 4.86. The number of nitrogens with two attached hydrogens (primary N) is 1. The van der Waals surface area contributed by atoms with Crippen LogP contribution in [0, 0.1) is 23.1 Å². The van der Waals surface area contributed by atoms with Gasteiger partial charge in [0.15, 0.2) is 0 Å². The third kappa shape index (κ3) is 3.43. The van der Waals surface area contributed by atoms with Crippen molar-refractivity contribution < 1.29 is 12.8 Å². The van der Waals surface area contributed by atoms with E-state index in [0.717, 1.165) is 16.4 Å². The molecule has 1 rings (SSSR count). The summed E-state index contributed by atoms with van der Waals surface area (Å²) < 4.78 is 39.4. The predicted molar refractivity (Wildman–Crippen MR) is 70.0 cm³/mol. The molecule has 1 atom stereocenters. The molecule has 1 unspecified atom stereocenters. The van der Waals surface area contributed by atoms with E-state index in [1.165, 1.54) is 6.07 Å². The fourth-order valence-corrected chi connectivity index (χ4v) is 3.19. The molecule has 0 aliphatic heterocycles. The molecule has 0 spiro atoms. The molecule has 0 aliphatic carbocycles. The largest absolute Gasteiger partial charge is 0.399 e. The molecule has 0 saturated heterocycles. The second-order valence-corrected chi connectivity index (χ2v) is 6.08. The second-order valence-electron chi connectivity index (χ2n) is 4.18. The number of sulfonamides is 1. The molecule has 0 radical (unpaired) electrons. The SMILES string of the molecule is CCN(CC(C)C#N)S(=O)(=O)c1ccc(N)cc1F. The summed E-state index contributed by atoms with van der Waals surface area (Å²) in [6.07, 6.45) is 0. The Morgan fingerprint density at radius 2 is 2.16 bits per heavy atom. The summed E-state index contributed by atoms with van der Waals surface area (Å²) >= 11 is 0. The minimum atomic E-state index is -3.95. The minimum Gasteiger partial charge on any atom is -0.399 e. The number of halogens is 1. The van der Waals surface area contributed by atoms with Gasteiger partial charge in [-0.05, 0) is 25.1 Å². The topological polar surface area (TPSA) is 87.2 Å². The minimum absolute atomic E-state index is 0.0269. The van der Waals surface area contributed by atoms with Gasteiger partial charge in [-0.15, -0.1) is 0 Å². The summed E-state index contributed by atoms with van der Waals surface area (Å²) in [5.41, 5.74) is 5.55. The van der Waals surface area contributed by atoms with Gasteiger partial charge in [-0.3, -0.25) is 0 Å². The van der Waals surface area contributed by atoms with E-state index < -0.39 is 26.7 Å². The number of hydrogen-bond acceptors (Lipinski definition) is 4. The summed E-state index contributed by atoms with van der Waals surface area (Å²) in [7, 11) is -3.95. The van der Waals surface area contributed by atoms with Gasteiger partial charge in [-0.25, -0.2) is 12.8 Å². The molecule has 1 aromatic carbocycles. The average Bonchev–Trinajstić information content (AvgIpc) is 2.34. The molecule has 0 saturated carbocycles. The maximum Gasteiger partial charge on any atom is 0.246 e. The van der Waals surface area contributed by atoms with Crippen LogP contribution in [-0.4, -0.2) is 25.8 Å². The molecule has 1 aromatic rings. The average molecular weight is 285 g/mol. The molecule has 0 aromatic heterocycles. The van der Waals surface area contributed by atoms with Crippen LogP contribution in [-0.2, 0) is 10.0 Å². The molecule has 2 N–H and O–H groups in total. The monoisotopic (exact) mass is 285 g/mol. The van der Waals surface area contributed by atoms with Crippen LogP contribution in [0.5, 0.6) is 0 Å². The fraction of sp³-hybridized carbons (Fsp3) is 0.417. The van der Waals surface area contributed by atoms with E-state index in [-0.39, 0.29) is 18.8 Å². The van der Waals surface area contributed by atoms with Gasteiger partial charge in [-0.1, -0.05) is 6.92 Å². The summed E-state index contributed by atoms with van der Waals surface area (Å²) in [6, 6.07) is 5.39. The number of nitriles is 1. The van der Waals surface area contributed by atoms with Gasteiger partial charge in [-0.2, -0.15) is 9.57 Å². The van der Waals surface area contributed by atoms with Crippen molar-refractivity contribution >= 4 is 15.7 Å². The Morgan fingerprint density at radius 1 is 1.53 bits per heavy atom. The van der Waals surface area contributed by atoms with E-state index in [1.807, 2.05) is 6.07 Å². The van der Waals surface area contributed by atoms with Crippen LogP contribution in [0.1, 0.15) is 13.8 Å². The van der Waals surface area contributed by atoms with Gasteiger partial charge in [0, 0.05) is 18.8 Å². The first-order valence-electron chi connectivity index (χ1n) is 5.77. The summed E-state index contributed by atoms with van der Waals surface area (Å²) in [5, 5.41) is 8.74. The van der Waals surface area contributed by atoms with Gasteiger partial charge in [0.25, 0.3) is 0 Å². The number of nitrogen functional groups attached to an aromatic ring is 1. The van der Waals surface area contributed by atoms with Crippen molar-refractivity contribution in [2.24, 2.45) is 5.92 Å². The summed E-state index contributed by atoms with van der Waals surface area (Å²) in [4.78, 5) is -0.423. The Morgan fingerprint density at radius 3 is 2.63 bits per heavy atom. The molecular weight excluding hydrogens is 269 g/mol. The molecule has 0 amide bonds. The standard InChI is InChI=1S/C12H16FN3O2S/c1-3-16(8-9(2)7-14)19(17,18)12-5-4-10(15)6-11(12)13/h4-6,9H,3,8,15H2,1-2H3. The second kappa shape index (κ2) is 5.99. The number of nitrogens with zero attached hydrogens (tertiary/aromatic N) is 2. The first-order chi connectivity index (χ1) is 8.82. The Balaban J connectivity index is 3.18. The van der Waals surface area contributed by atoms with Gasteiger partial charge >= 0.3 is 0 Å². The fourth-order valence-electron chi connectivity index (χ4n) is 1.61. The van der Waals surface area contributed by atoms with Crippen molar-refractivity contribution in [1.29, 1.82) is 5.26 Å². The van der Waals surface area contributed by atoms with Crippen LogP contribution in [0.25, 0.3) is 0 Å². The number of anilines is 1. The number of rotatable bonds is 5. The van der Waals surface area contributed by atoms with Crippen molar-refractivity contribution in [3.8, 4) is 6.07 Å². The Bertz CT molecular complexity index is 595. The van der Waals surface area contributed by atoms with Crippen LogP contribution in [0.3, 0.4) is 0 Å². The lowest BCUT2D eigenvalue weighted by Crippen LogP contribution is -2.34. The van der Waals surface area contributed by atoms with E-state index in [0.29, 0.717) is 0 Å². The molecule has 0 heterocycles. The Hall–Kier alpha value is -1.65. The Labute approximate surface area is 112 Å². The maximum absolute atomic E-state index is 13.7. The molecule has 19 heavy (non-hydrogen) atoms. The first kappa shape index (κ1) is 15.4. The lowest BCUT2D eigenvalue weighted by molar-refractivity contribution is 0.397. The lowest BCUT2D eigenvalue weighted by atomic mass is 10.2. The van der Waals surface area contributed by atoms with E-state index in [9.17, 15) is 12.8 Å². The van der Waals surface area contributed by atoms with Crippen LogP contribution in [0.15, 0.2) is 23.1 Å². The molecular formula is C12H16FN3O2S. The molecule has 104 valence electrons. The van der Waals surface area contributed by atoms with Gasteiger partial charge in [0.2, 0.25) is 10.0 Å². The highest BCUT2D eigenvalue weighted by atomic mass is 32.2. The highest BCUT2D eigenvalue weighted by Crippen LogP contribution is 2.21. The number of benzene rings is 1. The molecule has 0 fully saturated rings. The van der Waals surface area contributed by atoms with Crippen molar-refractivity contribution in [1.82, 2.24) is 4.31 Å². The van der Waals surface area contributed by atoms with Crippen molar-refractivity contribution in [2.45, 2.75) is 18.7 Å². The zero-order chi connectivity index (χ0) is 14.6. The van der Waals surface area contributed by atoms with Crippen molar-refractivity contribution in [3.05, 3.63) is 24.0 Å². The van der Waals surface area contributed by atoms with Crippen molar-refractivity contribution in [2.75, 3.05) is 18.8 Å². The number of hydrogen-bond donors (Lipinski definition) is 1. The van der Waals surface area contributed by atoms with Crippen LogP contribution in [0.4, 0.5) is 10.1 Å². The predicted octanol–water partition coefficient (Wildman–Crippen LogP) is 1.58. The van der Waals surface area contributed by atoms with Gasteiger partial charge < -0.3 is 5.73 Å². The van der Waals surface area contributed by atoms with E-state index in [4.69, 9.17) is 11.0 Å². The van der Waals surface area contributed by atoms with Crippen LogP contribution < -0.4 is 5.73 Å². The first-order valence-corrected chi connectivity index (χ1v) is 7.21. The molecule has 5 nitrogen and oxygen atoms in total. The normalized spacial score (nSPS) is 13.2. The smallest absolute Gasteiger partial charge is 0.246 e. The van der Waals surface area contributed by atoms with Crippen molar-refractivity contribution in [3.63, 3.8) is 0 Å². The molecule has 7 heteroatoms. The zero-order valence-corrected chi connectivity index (χ0v) is 11.6. The summed E-state index contributed by atoms with van der Waals surface area (Å²) in [5.74, 6) is -1.35. The quantitative estimate of drug-likeness (QED) is 0.832. The van der Waals surface area contributed by atoms with E-state index >= 15 is 0 Å². The zero-order valence-electron chi connectivity index (χ0n) is 10.8. The van der Waals surface area contributed by atoms with Crippen LogP contribution in [0.2, 0.25) is 0 Å². The van der Waals surface area contributed by atoms with Gasteiger partial charge in [0.1, 0.15) is 10.7 Å². The maximum atomic E-state index is 13.7. The van der Waals surface area contributed by atoms with Crippen LogP contribution >= 0.6 is 0 Å².